The van der Waals surface area contributed by atoms with Crippen molar-refractivity contribution in [3.8, 4) is 0 Å². The fourth-order valence-electron chi connectivity index (χ4n) is 5.50. The molecule has 4 fully saturated rings. The number of halogens is 1. The van der Waals surface area contributed by atoms with Crippen molar-refractivity contribution in [2.24, 2.45) is 11.8 Å². The minimum absolute atomic E-state index is 0.326. The first-order valence-corrected chi connectivity index (χ1v) is 10.7. The number of ether oxygens (including phenoxy) is 3. The Labute approximate surface area is 178 Å². The fraction of sp³-hybridized carbons (Fsp3) is 0.571. The topological polar surface area (TPSA) is 82.0 Å². The Bertz CT molecular complexity index is 964. The zero-order valence-corrected chi connectivity index (χ0v) is 17.0. The Kier molecular flexibility index (Phi) is 4.39. The summed E-state index contributed by atoms with van der Waals surface area (Å²) >= 11 is 0. The molecule has 4 heterocycles. The van der Waals surface area contributed by atoms with Crippen molar-refractivity contribution in [3.05, 3.63) is 36.4 Å². The average Bonchev–Trinajstić information content (AvgIpc) is 3.54. The maximum atomic E-state index is 15.1. The molecule has 164 valence electrons. The van der Waals surface area contributed by atoms with Crippen LogP contribution >= 0.6 is 0 Å². The molecule has 1 aromatic carbocycles. The van der Waals surface area contributed by atoms with Crippen LogP contribution in [-0.4, -0.2) is 65.8 Å². The predicted octanol–water partition coefficient (Wildman–Crippen LogP) is 2.03. The summed E-state index contributed by atoms with van der Waals surface area (Å²) in [6, 6.07) is 4.98. The summed E-state index contributed by atoms with van der Waals surface area (Å²) in [4.78, 5) is 15.9. The van der Waals surface area contributed by atoms with Crippen LogP contribution in [0.5, 0.6) is 0 Å². The number of benzene rings is 1. The molecule has 10 heteroatoms. The number of cyclic esters (lactones) is 1. The van der Waals surface area contributed by atoms with Crippen LogP contribution in [-0.2, 0) is 20.8 Å². The lowest BCUT2D eigenvalue weighted by Gasteiger charge is -2.26. The van der Waals surface area contributed by atoms with E-state index in [-0.39, 0.29) is 11.9 Å². The monoisotopic (exact) mass is 429 g/mol. The van der Waals surface area contributed by atoms with Crippen LogP contribution in [0.2, 0.25) is 0 Å². The first kappa shape index (κ1) is 19.0. The van der Waals surface area contributed by atoms with Crippen molar-refractivity contribution >= 4 is 17.5 Å². The molecule has 1 amide bonds. The van der Waals surface area contributed by atoms with Crippen LogP contribution in [0.1, 0.15) is 12.8 Å². The first-order valence-electron chi connectivity index (χ1n) is 10.7. The van der Waals surface area contributed by atoms with Gasteiger partial charge < -0.3 is 19.1 Å². The van der Waals surface area contributed by atoms with Crippen LogP contribution < -0.4 is 9.80 Å². The Morgan fingerprint density at radius 1 is 1.13 bits per heavy atom. The van der Waals surface area contributed by atoms with E-state index in [9.17, 15) is 4.79 Å². The molecule has 9 nitrogen and oxygen atoms in total. The van der Waals surface area contributed by atoms with E-state index in [1.165, 1.54) is 11.0 Å². The lowest BCUT2D eigenvalue weighted by atomic mass is 10.0. The highest BCUT2D eigenvalue weighted by Crippen LogP contribution is 2.49. The van der Waals surface area contributed by atoms with Gasteiger partial charge in [-0.1, -0.05) is 5.21 Å². The van der Waals surface area contributed by atoms with Gasteiger partial charge in [-0.05, 0) is 30.0 Å². The molecule has 1 aliphatic carbocycles. The van der Waals surface area contributed by atoms with Gasteiger partial charge in [0.25, 0.3) is 0 Å². The number of carbonyl (C=O) groups excluding carboxylic acids is 1. The third kappa shape index (κ3) is 3.34. The van der Waals surface area contributed by atoms with Crippen LogP contribution in [0.25, 0.3) is 0 Å². The molecule has 6 rings (SSSR count). The van der Waals surface area contributed by atoms with Crippen LogP contribution in [0.15, 0.2) is 30.6 Å². The van der Waals surface area contributed by atoms with Gasteiger partial charge in [0.15, 0.2) is 5.79 Å². The van der Waals surface area contributed by atoms with E-state index in [2.05, 4.69) is 15.2 Å². The molecule has 2 aromatic rings. The van der Waals surface area contributed by atoms with Gasteiger partial charge in [-0.3, -0.25) is 4.90 Å². The summed E-state index contributed by atoms with van der Waals surface area (Å²) in [5.74, 6) is 0.169. The lowest BCUT2D eigenvalue weighted by molar-refractivity contribution is -0.154. The third-order valence-corrected chi connectivity index (χ3v) is 6.86. The predicted molar refractivity (Wildman–Crippen MR) is 107 cm³/mol. The molecular formula is C21H24FN5O4. The van der Waals surface area contributed by atoms with Gasteiger partial charge in [0.05, 0.1) is 43.9 Å². The number of amides is 1. The van der Waals surface area contributed by atoms with Crippen molar-refractivity contribution < 1.29 is 23.4 Å². The van der Waals surface area contributed by atoms with Gasteiger partial charge >= 0.3 is 6.09 Å². The third-order valence-electron chi connectivity index (χ3n) is 6.86. The zero-order chi connectivity index (χ0) is 21.0. The number of aromatic nitrogens is 3. The molecule has 3 unspecified atom stereocenters. The molecule has 3 saturated heterocycles. The Morgan fingerprint density at radius 2 is 1.90 bits per heavy atom. The molecule has 0 bridgehead atoms. The van der Waals surface area contributed by atoms with E-state index in [0.29, 0.717) is 49.5 Å². The second-order valence-electron chi connectivity index (χ2n) is 8.82. The normalized spacial score (nSPS) is 29.2. The quantitative estimate of drug-likeness (QED) is 0.736. The summed E-state index contributed by atoms with van der Waals surface area (Å²) in [5, 5.41) is 7.65. The van der Waals surface area contributed by atoms with Crippen molar-refractivity contribution in [2.75, 3.05) is 42.6 Å². The summed E-state index contributed by atoms with van der Waals surface area (Å²) in [6.07, 6.45) is 4.20. The minimum atomic E-state index is -0.477. The molecule has 1 saturated carbocycles. The second kappa shape index (κ2) is 7.16. The Balaban J connectivity index is 1.13. The van der Waals surface area contributed by atoms with Gasteiger partial charge in [-0.15, -0.1) is 5.10 Å². The summed E-state index contributed by atoms with van der Waals surface area (Å²) in [6.45, 7) is 3.67. The van der Waals surface area contributed by atoms with Crippen LogP contribution in [0.4, 0.5) is 20.6 Å². The minimum Gasteiger partial charge on any atom is -0.442 e. The maximum Gasteiger partial charge on any atom is 0.414 e. The lowest BCUT2D eigenvalue weighted by Crippen LogP contribution is -2.31. The van der Waals surface area contributed by atoms with E-state index in [4.69, 9.17) is 14.2 Å². The van der Waals surface area contributed by atoms with E-state index < -0.39 is 11.9 Å². The van der Waals surface area contributed by atoms with Crippen molar-refractivity contribution in [2.45, 2.75) is 31.3 Å². The van der Waals surface area contributed by atoms with E-state index >= 15 is 4.39 Å². The standard InChI is InChI=1S/C21H24FN5O4/c22-18-7-16(27-13-17(31-20(27)28)12-26-4-3-23-24-26)1-2-19(18)25-10-14-8-21(9-15(14)11-25)29-5-6-30-21/h1-4,7,14-15,17H,5-6,8-13H2. The van der Waals surface area contributed by atoms with Gasteiger partial charge in [-0.2, -0.15) is 0 Å². The molecule has 3 atom stereocenters. The van der Waals surface area contributed by atoms with Gasteiger partial charge in [0.2, 0.25) is 0 Å². The van der Waals surface area contributed by atoms with Crippen LogP contribution in [0.3, 0.4) is 0 Å². The summed E-state index contributed by atoms with van der Waals surface area (Å²) < 4.78 is 33.8. The highest BCUT2D eigenvalue weighted by atomic mass is 19.1. The molecule has 0 N–H and O–H groups in total. The number of hydrogen-bond donors (Lipinski definition) is 0. The smallest absolute Gasteiger partial charge is 0.414 e. The number of carbonyl (C=O) groups is 1. The first-order chi connectivity index (χ1) is 15.1. The average molecular weight is 429 g/mol. The Hall–Kier alpha value is -2.72. The van der Waals surface area contributed by atoms with Crippen molar-refractivity contribution in [3.63, 3.8) is 0 Å². The molecule has 3 aliphatic heterocycles. The molecule has 0 radical (unpaired) electrons. The van der Waals surface area contributed by atoms with E-state index in [1.54, 1.807) is 29.2 Å². The SMILES string of the molecule is O=C1OC(Cn2ccnn2)CN1c1ccc(N2CC3CC4(CC3C2)OCCO4)c(F)c1. The summed E-state index contributed by atoms with van der Waals surface area (Å²) in [7, 11) is 0. The molecule has 4 aliphatic rings. The summed E-state index contributed by atoms with van der Waals surface area (Å²) in [5.41, 5.74) is 1.07. The number of hydrogen-bond acceptors (Lipinski definition) is 7. The molecular weight excluding hydrogens is 405 g/mol. The number of rotatable bonds is 4. The van der Waals surface area contributed by atoms with Crippen molar-refractivity contribution in [1.29, 1.82) is 0 Å². The number of anilines is 2. The number of fused-ring (bicyclic) bond motifs is 1. The van der Waals surface area contributed by atoms with Gasteiger partial charge in [-0.25, -0.2) is 13.9 Å². The Morgan fingerprint density at radius 3 is 2.58 bits per heavy atom. The molecule has 31 heavy (non-hydrogen) atoms. The maximum absolute atomic E-state index is 15.1. The van der Waals surface area contributed by atoms with E-state index in [1.807, 2.05) is 0 Å². The number of nitrogens with zero attached hydrogens (tertiary/aromatic N) is 5. The largest absolute Gasteiger partial charge is 0.442 e. The second-order valence-corrected chi connectivity index (χ2v) is 8.82. The van der Waals surface area contributed by atoms with E-state index in [0.717, 1.165) is 25.9 Å². The highest BCUT2D eigenvalue weighted by molar-refractivity contribution is 5.90. The van der Waals surface area contributed by atoms with Gasteiger partial charge in [0.1, 0.15) is 11.9 Å². The van der Waals surface area contributed by atoms with Gasteiger partial charge in [0, 0.05) is 32.1 Å². The zero-order valence-electron chi connectivity index (χ0n) is 17.0. The molecule has 1 spiro atoms. The van der Waals surface area contributed by atoms with Crippen LogP contribution in [0, 0.1) is 17.7 Å². The molecule has 1 aromatic heterocycles. The highest BCUT2D eigenvalue weighted by Gasteiger charge is 2.52. The fourth-order valence-corrected chi connectivity index (χ4v) is 5.50. The van der Waals surface area contributed by atoms with Crippen molar-refractivity contribution in [1.82, 2.24) is 15.0 Å².